The first-order valence-corrected chi connectivity index (χ1v) is 7.20. The first kappa shape index (κ1) is 14.7. The molecule has 2 nitrogen and oxygen atoms in total. The Morgan fingerprint density at radius 3 is 2.25 bits per heavy atom. The van der Waals surface area contributed by atoms with Gasteiger partial charge < -0.3 is 4.90 Å². The van der Waals surface area contributed by atoms with Gasteiger partial charge in [0.05, 0.1) is 6.42 Å². The number of hydrogen-bond acceptors (Lipinski definition) is 1. The second-order valence-corrected chi connectivity index (χ2v) is 5.33. The predicted molar refractivity (Wildman–Crippen MR) is 82.3 cm³/mol. The van der Waals surface area contributed by atoms with Gasteiger partial charge in [-0.25, -0.2) is 4.39 Å². The van der Waals surface area contributed by atoms with Gasteiger partial charge in [-0.1, -0.05) is 28.1 Å². The van der Waals surface area contributed by atoms with Crippen molar-refractivity contribution in [3.05, 3.63) is 64.4 Å². The number of rotatable bonds is 4. The lowest BCUT2D eigenvalue weighted by Gasteiger charge is -2.21. The molecule has 104 valence electrons. The largest absolute Gasteiger partial charge is 0.312 e. The van der Waals surface area contributed by atoms with Crippen LogP contribution in [0.4, 0.5) is 10.1 Å². The summed E-state index contributed by atoms with van der Waals surface area (Å²) >= 11 is 3.37. The van der Waals surface area contributed by atoms with Gasteiger partial charge >= 0.3 is 0 Å². The molecule has 4 heteroatoms. The molecule has 1 amide bonds. The van der Waals surface area contributed by atoms with Crippen LogP contribution >= 0.6 is 15.9 Å². The van der Waals surface area contributed by atoms with E-state index in [-0.39, 0.29) is 11.7 Å². The predicted octanol–water partition coefficient (Wildman–Crippen LogP) is 4.18. The maximum absolute atomic E-state index is 12.9. The third-order valence-electron chi connectivity index (χ3n) is 3.02. The molecule has 0 spiro atoms. The number of benzene rings is 2. The van der Waals surface area contributed by atoms with Crippen molar-refractivity contribution < 1.29 is 9.18 Å². The molecule has 0 fully saturated rings. The van der Waals surface area contributed by atoms with E-state index in [1.807, 2.05) is 31.2 Å². The van der Waals surface area contributed by atoms with Crippen molar-refractivity contribution >= 4 is 27.5 Å². The Balaban J connectivity index is 2.13. The van der Waals surface area contributed by atoms with Crippen LogP contribution < -0.4 is 4.90 Å². The van der Waals surface area contributed by atoms with E-state index in [0.717, 1.165) is 15.7 Å². The average Bonchev–Trinajstić information content (AvgIpc) is 2.44. The first-order valence-electron chi connectivity index (χ1n) is 6.40. The highest BCUT2D eigenvalue weighted by atomic mass is 79.9. The van der Waals surface area contributed by atoms with Crippen molar-refractivity contribution in [3.8, 4) is 0 Å². The zero-order chi connectivity index (χ0) is 14.5. The molecule has 0 saturated heterocycles. The summed E-state index contributed by atoms with van der Waals surface area (Å²) in [6.07, 6.45) is 0.332. The monoisotopic (exact) mass is 335 g/mol. The summed E-state index contributed by atoms with van der Waals surface area (Å²) in [7, 11) is 0. The SMILES string of the molecule is CCN(C(=O)Cc1ccc(Br)cc1)c1ccc(F)cc1. The molecule has 0 aliphatic rings. The minimum atomic E-state index is -0.301. The van der Waals surface area contributed by atoms with E-state index in [4.69, 9.17) is 0 Å². The molecule has 0 saturated carbocycles. The fourth-order valence-corrected chi connectivity index (χ4v) is 2.26. The maximum atomic E-state index is 12.9. The maximum Gasteiger partial charge on any atom is 0.231 e. The van der Waals surface area contributed by atoms with Crippen LogP contribution in [-0.4, -0.2) is 12.5 Å². The summed E-state index contributed by atoms with van der Waals surface area (Å²) in [6, 6.07) is 13.6. The number of carbonyl (C=O) groups excluding carboxylic acids is 1. The molecule has 0 aromatic heterocycles. The Labute approximate surface area is 126 Å². The fraction of sp³-hybridized carbons (Fsp3) is 0.188. The van der Waals surface area contributed by atoms with Crippen molar-refractivity contribution in [3.63, 3.8) is 0 Å². The molecule has 0 radical (unpaired) electrons. The standard InChI is InChI=1S/C16H15BrFNO/c1-2-19(15-9-7-14(18)8-10-15)16(20)11-12-3-5-13(17)6-4-12/h3-10H,2,11H2,1H3. The summed E-state index contributed by atoms with van der Waals surface area (Å²) in [5.74, 6) is -0.299. The van der Waals surface area contributed by atoms with Crippen molar-refractivity contribution in [1.82, 2.24) is 0 Å². The number of anilines is 1. The van der Waals surface area contributed by atoms with Gasteiger partial charge in [-0.3, -0.25) is 4.79 Å². The normalized spacial score (nSPS) is 10.3. The second kappa shape index (κ2) is 6.66. The number of likely N-dealkylation sites (N-methyl/N-ethyl adjacent to an activating group) is 1. The second-order valence-electron chi connectivity index (χ2n) is 4.42. The highest BCUT2D eigenvalue weighted by Crippen LogP contribution is 2.17. The van der Waals surface area contributed by atoms with Crippen molar-refractivity contribution in [2.45, 2.75) is 13.3 Å². The molecule has 0 heterocycles. The van der Waals surface area contributed by atoms with Gasteiger partial charge in [0.15, 0.2) is 0 Å². The number of carbonyl (C=O) groups is 1. The molecule has 0 unspecified atom stereocenters. The molecule has 0 N–H and O–H groups in total. The first-order chi connectivity index (χ1) is 9.60. The van der Waals surface area contributed by atoms with Crippen molar-refractivity contribution in [1.29, 1.82) is 0 Å². The molecule has 2 aromatic carbocycles. The van der Waals surface area contributed by atoms with Gasteiger partial charge in [0.1, 0.15) is 5.82 Å². The van der Waals surface area contributed by atoms with Gasteiger partial charge in [-0.05, 0) is 48.9 Å². The number of hydrogen-bond donors (Lipinski definition) is 0. The lowest BCUT2D eigenvalue weighted by atomic mass is 10.1. The molecule has 0 aliphatic carbocycles. The van der Waals surface area contributed by atoms with Gasteiger partial charge in [0, 0.05) is 16.7 Å². The average molecular weight is 336 g/mol. The molecular formula is C16H15BrFNO. The van der Waals surface area contributed by atoms with Gasteiger partial charge in [0.25, 0.3) is 0 Å². The van der Waals surface area contributed by atoms with Crippen LogP contribution in [0, 0.1) is 5.82 Å². The molecular weight excluding hydrogens is 321 g/mol. The number of amides is 1. The minimum absolute atomic E-state index is 0.00132. The number of nitrogens with zero attached hydrogens (tertiary/aromatic N) is 1. The highest BCUT2D eigenvalue weighted by molar-refractivity contribution is 9.10. The third kappa shape index (κ3) is 3.67. The van der Waals surface area contributed by atoms with E-state index >= 15 is 0 Å². The van der Waals surface area contributed by atoms with Gasteiger partial charge in [-0.15, -0.1) is 0 Å². The lowest BCUT2D eigenvalue weighted by molar-refractivity contribution is -0.117. The number of halogens is 2. The molecule has 2 rings (SSSR count). The van der Waals surface area contributed by atoms with E-state index in [9.17, 15) is 9.18 Å². The van der Waals surface area contributed by atoms with E-state index in [0.29, 0.717) is 13.0 Å². The Kier molecular flexibility index (Phi) is 4.90. The third-order valence-corrected chi connectivity index (χ3v) is 3.55. The Morgan fingerprint density at radius 1 is 1.10 bits per heavy atom. The summed E-state index contributed by atoms with van der Waals surface area (Å²) in [4.78, 5) is 14.0. The van der Waals surface area contributed by atoms with E-state index in [2.05, 4.69) is 15.9 Å². The van der Waals surface area contributed by atoms with Crippen LogP contribution in [0.5, 0.6) is 0 Å². The zero-order valence-electron chi connectivity index (χ0n) is 11.1. The summed E-state index contributed by atoms with van der Waals surface area (Å²) in [5, 5.41) is 0. The quantitative estimate of drug-likeness (QED) is 0.820. The van der Waals surface area contributed by atoms with Crippen molar-refractivity contribution in [2.24, 2.45) is 0 Å². The summed E-state index contributed by atoms with van der Waals surface area (Å²) < 4.78 is 13.9. The highest BCUT2D eigenvalue weighted by Gasteiger charge is 2.14. The molecule has 2 aromatic rings. The molecule has 0 atom stereocenters. The Morgan fingerprint density at radius 2 is 1.70 bits per heavy atom. The van der Waals surface area contributed by atoms with Crippen LogP contribution in [0.3, 0.4) is 0 Å². The molecule has 0 bridgehead atoms. The fourth-order valence-electron chi connectivity index (χ4n) is 2.00. The lowest BCUT2D eigenvalue weighted by Crippen LogP contribution is -2.31. The van der Waals surface area contributed by atoms with Crippen LogP contribution in [0.1, 0.15) is 12.5 Å². The van der Waals surface area contributed by atoms with Gasteiger partial charge in [-0.2, -0.15) is 0 Å². The minimum Gasteiger partial charge on any atom is -0.312 e. The van der Waals surface area contributed by atoms with Crippen LogP contribution in [-0.2, 0) is 11.2 Å². The van der Waals surface area contributed by atoms with Gasteiger partial charge in [0.2, 0.25) is 5.91 Å². The van der Waals surface area contributed by atoms with Crippen LogP contribution in [0.2, 0.25) is 0 Å². The van der Waals surface area contributed by atoms with E-state index < -0.39 is 0 Å². The topological polar surface area (TPSA) is 20.3 Å². The molecule has 20 heavy (non-hydrogen) atoms. The molecule has 0 aliphatic heterocycles. The van der Waals surface area contributed by atoms with Crippen molar-refractivity contribution in [2.75, 3.05) is 11.4 Å². The zero-order valence-corrected chi connectivity index (χ0v) is 12.7. The van der Waals surface area contributed by atoms with E-state index in [1.165, 1.54) is 12.1 Å². The van der Waals surface area contributed by atoms with Crippen LogP contribution in [0.15, 0.2) is 53.0 Å². The smallest absolute Gasteiger partial charge is 0.231 e. The summed E-state index contributed by atoms with van der Waals surface area (Å²) in [6.45, 7) is 2.46. The Hall–Kier alpha value is -1.68. The summed E-state index contributed by atoms with van der Waals surface area (Å²) in [5.41, 5.74) is 1.68. The van der Waals surface area contributed by atoms with E-state index in [1.54, 1.807) is 17.0 Å². The van der Waals surface area contributed by atoms with Crippen LogP contribution in [0.25, 0.3) is 0 Å². The Bertz CT molecular complexity index is 580.